The molecule has 4 N–H and O–H groups in total. The molecule has 2 aromatic heterocycles. The summed E-state index contributed by atoms with van der Waals surface area (Å²) in [5.41, 5.74) is 6.56. The molecule has 0 radical (unpaired) electrons. The van der Waals surface area contributed by atoms with Gasteiger partial charge in [0.15, 0.2) is 0 Å². The summed E-state index contributed by atoms with van der Waals surface area (Å²) in [6.45, 7) is 0.270. The summed E-state index contributed by atoms with van der Waals surface area (Å²) in [4.78, 5) is 23.0. The van der Waals surface area contributed by atoms with Gasteiger partial charge in [-0.25, -0.2) is 18.2 Å². The zero-order chi connectivity index (χ0) is 22.6. The number of nitrogens with one attached hydrogen (secondary N) is 2. The molecule has 3 aromatic rings. The number of fused-ring (bicyclic) bond motifs is 1. The van der Waals surface area contributed by atoms with Crippen LogP contribution in [0.2, 0.25) is 5.02 Å². The molecule has 1 aliphatic heterocycles. The van der Waals surface area contributed by atoms with Crippen LogP contribution in [-0.4, -0.2) is 54.8 Å². The van der Waals surface area contributed by atoms with Crippen molar-refractivity contribution in [2.45, 2.75) is 0 Å². The molecule has 0 unspecified atom stereocenters. The third kappa shape index (κ3) is 7.91. The average molecular weight is 456 g/mol. The number of aromatic amines is 1. The van der Waals surface area contributed by atoms with Gasteiger partial charge in [-0.2, -0.15) is 0 Å². The summed E-state index contributed by atoms with van der Waals surface area (Å²) in [7, 11) is 0. The Hall–Kier alpha value is -3.11. The van der Waals surface area contributed by atoms with Crippen LogP contribution in [-0.2, 0) is 4.74 Å². The molecule has 31 heavy (non-hydrogen) atoms. The summed E-state index contributed by atoms with van der Waals surface area (Å²) in [5, 5.41) is 3.95. The van der Waals surface area contributed by atoms with Crippen LogP contribution in [0.3, 0.4) is 0 Å². The quantitative estimate of drug-likeness (QED) is 0.556. The fourth-order valence-electron chi connectivity index (χ4n) is 2.30. The number of amides is 1. The van der Waals surface area contributed by atoms with E-state index in [1.54, 1.807) is 18.3 Å². The second kappa shape index (κ2) is 12.6. The molecule has 0 atom stereocenters. The third-order valence-corrected chi connectivity index (χ3v) is 4.01. The van der Waals surface area contributed by atoms with Gasteiger partial charge < -0.3 is 20.8 Å². The molecule has 1 aliphatic rings. The van der Waals surface area contributed by atoms with Crippen LogP contribution in [0.5, 0.6) is 0 Å². The number of halogens is 4. The maximum Gasteiger partial charge on any atom is 0.274 e. The second-order valence-corrected chi connectivity index (χ2v) is 6.40. The van der Waals surface area contributed by atoms with Gasteiger partial charge in [-0.3, -0.25) is 9.79 Å². The van der Waals surface area contributed by atoms with E-state index in [9.17, 15) is 18.0 Å². The molecule has 0 bridgehead atoms. The maximum absolute atomic E-state index is 12.8. The highest BCUT2D eigenvalue weighted by molar-refractivity contribution is 6.35. The number of rotatable bonds is 3. The Bertz CT molecular complexity index is 1010. The van der Waals surface area contributed by atoms with Crippen LogP contribution in [0, 0.1) is 5.82 Å². The van der Waals surface area contributed by atoms with Crippen LogP contribution in [0.1, 0.15) is 10.5 Å². The number of pyridine rings is 1. The number of aliphatic imine (C=N–C) groups is 1. The number of hydrogen-bond donors (Lipinski definition) is 3. The summed E-state index contributed by atoms with van der Waals surface area (Å²) in [6.07, 6.45) is 1.61. The van der Waals surface area contributed by atoms with E-state index in [4.69, 9.17) is 22.1 Å². The first kappa shape index (κ1) is 24.2. The van der Waals surface area contributed by atoms with Crippen LogP contribution >= 0.6 is 11.6 Å². The topological polar surface area (TPSA) is 105 Å². The minimum absolute atomic E-state index is 0.250. The molecule has 1 amide bonds. The van der Waals surface area contributed by atoms with E-state index in [0.717, 1.165) is 18.5 Å². The number of H-pyrrole nitrogens is 1. The lowest BCUT2D eigenvalue weighted by Gasteiger charge is -2.06. The molecule has 3 heterocycles. The van der Waals surface area contributed by atoms with Crippen molar-refractivity contribution in [3.63, 3.8) is 0 Å². The zero-order valence-electron chi connectivity index (χ0n) is 16.4. The molecule has 11 heteroatoms. The SMILES string of the molecule is FCCF.NC1=NCCOC1.O=C(Nc1ccc(F)cc1)c1ccc2c(Cl)c[nH]c2n1. The Morgan fingerprint density at radius 1 is 1.19 bits per heavy atom. The number of hydrogen-bond acceptors (Lipinski definition) is 5. The van der Waals surface area contributed by atoms with E-state index in [0.29, 0.717) is 28.8 Å². The van der Waals surface area contributed by atoms with Gasteiger partial charge in [-0.05, 0) is 36.4 Å². The van der Waals surface area contributed by atoms with Crippen LogP contribution in [0.4, 0.5) is 18.9 Å². The molecule has 0 fully saturated rings. The summed E-state index contributed by atoms with van der Waals surface area (Å²) >= 11 is 5.94. The lowest BCUT2D eigenvalue weighted by Crippen LogP contribution is -2.24. The Balaban J connectivity index is 0.000000256. The van der Waals surface area contributed by atoms with E-state index >= 15 is 0 Å². The van der Waals surface area contributed by atoms with E-state index in [2.05, 4.69) is 20.3 Å². The number of anilines is 1. The van der Waals surface area contributed by atoms with E-state index in [1.165, 1.54) is 24.3 Å². The first-order chi connectivity index (χ1) is 14.9. The third-order valence-electron chi connectivity index (χ3n) is 3.69. The maximum atomic E-state index is 12.8. The largest absolute Gasteiger partial charge is 0.386 e. The van der Waals surface area contributed by atoms with Crippen LogP contribution < -0.4 is 11.1 Å². The summed E-state index contributed by atoms with van der Waals surface area (Å²) in [5.74, 6) is -0.112. The van der Waals surface area contributed by atoms with Gasteiger partial charge in [0.2, 0.25) is 0 Å². The molecule has 0 saturated carbocycles. The highest BCUT2D eigenvalue weighted by Crippen LogP contribution is 2.21. The Kier molecular flexibility index (Phi) is 9.79. The Labute approximate surface area is 181 Å². The van der Waals surface area contributed by atoms with Crippen molar-refractivity contribution in [3.05, 3.63) is 59.1 Å². The van der Waals surface area contributed by atoms with Gasteiger partial charge in [-0.1, -0.05) is 11.6 Å². The van der Waals surface area contributed by atoms with Crippen molar-refractivity contribution >= 4 is 40.1 Å². The van der Waals surface area contributed by atoms with E-state index in [1.807, 2.05) is 0 Å². The number of benzene rings is 1. The number of carbonyl (C=O) groups is 1. The fraction of sp³-hybridized carbons (Fsp3) is 0.250. The summed E-state index contributed by atoms with van der Waals surface area (Å²) in [6, 6.07) is 8.82. The zero-order valence-corrected chi connectivity index (χ0v) is 17.1. The predicted molar refractivity (Wildman–Crippen MR) is 115 cm³/mol. The lowest BCUT2D eigenvalue weighted by atomic mass is 10.2. The van der Waals surface area contributed by atoms with Gasteiger partial charge in [0.05, 0.1) is 18.2 Å². The monoisotopic (exact) mass is 455 g/mol. The fourth-order valence-corrected chi connectivity index (χ4v) is 2.51. The first-order valence-electron chi connectivity index (χ1n) is 9.13. The van der Waals surface area contributed by atoms with Crippen molar-refractivity contribution in [2.24, 2.45) is 10.7 Å². The molecule has 4 rings (SSSR count). The number of amidine groups is 1. The number of nitrogens with zero attached hydrogens (tertiary/aromatic N) is 2. The number of nitrogens with two attached hydrogens (primary N) is 1. The Morgan fingerprint density at radius 2 is 1.90 bits per heavy atom. The minimum Gasteiger partial charge on any atom is -0.386 e. The highest BCUT2D eigenvalue weighted by atomic mass is 35.5. The normalized spacial score (nSPS) is 12.7. The van der Waals surface area contributed by atoms with Crippen LogP contribution in [0.15, 0.2) is 47.6 Å². The van der Waals surface area contributed by atoms with Gasteiger partial charge in [0, 0.05) is 17.3 Å². The Morgan fingerprint density at radius 3 is 2.45 bits per heavy atom. The highest BCUT2D eigenvalue weighted by Gasteiger charge is 2.10. The van der Waals surface area contributed by atoms with Crippen molar-refractivity contribution in [3.8, 4) is 0 Å². The smallest absolute Gasteiger partial charge is 0.274 e. The van der Waals surface area contributed by atoms with Gasteiger partial charge >= 0.3 is 0 Å². The van der Waals surface area contributed by atoms with Crippen molar-refractivity contribution in [1.82, 2.24) is 9.97 Å². The number of alkyl halides is 2. The van der Waals surface area contributed by atoms with Crippen molar-refractivity contribution in [1.29, 1.82) is 0 Å². The van der Waals surface area contributed by atoms with Gasteiger partial charge in [0.25, 0.3) is 5.91 Å². The number of ether oxygens (including phenoxy) is 1. The van der Waals surface area contributed by atoms with Crippen LogP contribution in [0.25, 0.3) is 11.0 Å². The predicted octanol–water partition coefficient (Wildman–Crippen LogP) is 3.91. The van der Waals surface area contributed by atoms with E-state index in [-0.39, 0.29) is 17.4 Å². The number of aromatic nitrogens is 2. The molecule has 166 valence electrons. The average Bonchev–Trinajstić information content (AvgIpc) is 3.16. The molecule has 0 spiro atoms. The van der Waals surface area contributed by atoms with Crippen molar-refractivity contribution < 1.29 is 22.7 Å². The molecule has 0 saturated heterocycles. The summed E-state index contributed by atoms with van der Waals surface area (Å²) < 4.78 is 38.4. The van der Waals surface area contributed by atoms with E-state index < -0.39 is 13.3 Å². The minimum atomic E-state index is -0.847. The molecular weight excluding hydrogens is 435 g/mol. The standard InChI is InChI=1S/C14H9ClFN3O.C4H8N2O.C2H4F2/c15-11-7-17-13-10(11)5-6-12(19-13)14(20)18-9-3-1-8(16)2-4-9;5-4-3-7-2-1-6-4;3-1-2-4/h1-7H,(H,17,19)(H,18,20);1-3H2,(H2,5,6);1-2H2. The lowest BCUT2D eigenvalue weighted by molar-refractivity contribution is 0.102. The first-order valence-corrected chi connectivity index (χ1v) is 9.51. The second-order valence-electron chi connectivity index (χ2n) is 5.99. The molecular formula is C20H21ClF3N5O2. The van der Waals surface area contributed by atoms with Gasteiger partial charge in [-0.15, -0.1) is 0 Å². The van der Waals surface area contributed by atoms with Crippen molar-refractivity contribution in [2.75, 3.05) is 38.4 Å². The molecule has 0 aliphatic carbocycles. The number of carbonyl (C=O) groups excluding carboxylic acids is 1. The molecule has 1 aromatic carbocycles. The molecule has 7 nitrogen and oxygen atoms in total. The van der Waals surface area contributed by atoms with Gasteiger partial charge in [0.1, 0.15) is 43.0 Å².